The Balaban J connectivity index is 2.34. The molecule has 118 valence electrons. The van der Waals surface area contributed by atoms with E-state index in [0.29, 0.717) is 0 Å². The molecule has 0 aliphatic heterocycles. The maximum Gasteiger partial charge on any atom is 0.319 e. The molecule has 4 heteroatoms. The van der Waals surface area contributed by atoms with Crippen molar-refractivity contribution in [2.45, 2.75) is 46.5 Å². The maximum absolute atomic E-state index is 12.8. The van der Waals surface area contributed by atoms with Crippen LogP contribution in [0.5, 0.6) is 0 Å². The van der Waals surface area contributed by atoms with E-state index in [1.165, 1.54) is 7.11 Å². The highest BCUT2D eigenvalue weighted by Gasteiger charge is 2.51. The number of ether oxygens (including phenoxy) is 1. The molecule has 1 unspecified atom stereocenters. The molecule has 1 aromatic carbocycles. The van der Waals surface area contributed by atoms with Crippen LogP contribution in [0.1, 0.15) is 41.5 Å². The molecule has 0 bridgehead atoms. The fourth-order valence-corrected chi connectivity index (χ4v) is 3.41. The zero-order chi connectivity index (χ0) is 16.5. The van der Waals surface area contributed by atoms with Gasteiger partial charge in [-0.05, 0) is 43.9 Å². The van der Waals surface area contributed by atoms with Crippen molar-refractivity contribution in [3.8, 4) is 0 Å². The van der Waals surface area contributed by atoms with Gasteiger partial charge in [0.05, 0.1) is 7.11 Å². The lowest BCUT2D eigenvalue weighted by atomic mass is 9.78. The summed E-state index contributed by atoms with van der Waals surface area (Å²) in [6.45, 7) is 5.94. The van der Waals surface area contributed by atoms with Gasteiger partial charge in [-0.3, -0.25) is 14.4 Å². The Morgan fingerprint density at radius 3 is 2.23 bits per heavy atom. The first-order valence-electron chi connectivity index (χ1n) is 7.50. The Kier molecular flexibility index (Phi) is 4.50. The van der Waals surface area contributed by atoms with Gasteiger partial charge in [0, 0.05) is 19.3 Å². The van der Waals surface area contributed by atoms with Crippen LogP contribution in [0.2, 0.25) is 0 Å². The standard InChI is InChI=1S/C18H22O4/c1-11-7-12(2)15(13(3)8-11)9-16(20)18(17(21)22-4)6-5-14(19)10-18/h7-8H,5-6,9-10H2,1-4H3. The Labute approximate surface area is 130 Å². The van der Waals surface area contributed by atoms with E-state index in [9.17, 15) is 14.4 Å². The van der Waals surface area contributed by atoms with Crippen LogP contribution in [0.3, 0.4) is 0 Å². The van der Waals surface area contributed by atoms with Crippen molar-refractivity contribution in [2.24, 2.45) is 5.41 Å². The fourth-order valence-electron chi connectivity index (χ4n) is 3.41. The minimum absolute atomic E-state index is 0.0253. The summed E-state index contributed by atoms with van der Waals surface area (Å²) in [5.41, 5.74) is 2.88. The first-order chi connectivity index (χ1) is 10.3. The second-order valence-corrected chi connectivity index (χ2v) is 6.27. The van der Waals surface area contributed by atoms with Crippen LogP contribution < -0.4 is 0 Å². The summed E-state index contributed by atoms with van der Waals surface area (Å²) >= 11 is 0. The first-order valence-corrected chi connectivity index (χ1v) is 7.50. The summed E-state index contributed by atoms with van der Waals surface area (Å²) < 4.78 is 4.81. The number of carbonyl (C=O) groups excluding carboxylic acids is 3. The van der Waals surface area contributed by atoms with Crippen molar-refractivity contribution < 1.29 is 19.1 Å². The molecule has 4 nitrogen and oxygen atoms in total. The van der Waals surface area contributed by atoms with Crippen LogP contribution in [0.25, 0.3) is 0 Å². The third-order valence-corrected chi connectivity index (χ3v) is 4.62. The van der Waals surface area contributed by atoms with E-state index >= 15 is 0 Å². The summed E-state index contributed by atoms with van der Waals surface area (Å²) in [5, 5.41) is 0. The van der Waals surface area contributed by atoms with Gasteiger partial charge in [0.1, 0.15) is 11.2 Å². The third-order valence-electron chi connectivity index (χ3n) is 4.62. The van der Waals surface area contributed by atoms with E-state index < -0.39 is 11.4 Å². The molecule has 0 saturated heterocycles. The molecule has 0 spiro atoms. The molecule has 0 aromatic heterocycles. The van der Waals surface area contributed by atoms with Crippen LogP contribution in [-0.4, -0.2) is 24.6 Å². The first kappa shape index (κ1) is 16.4. The van der Waals surface area contributed by atoms with Gasteiger partial charge in [-0.1, -0.05) is 17.7 Å². The molecule has 1 atom stereocenters. The summed E-state index contributed by atoms with van der Waals surface area (Å²) in [7, 11) is 1.27. The Morgan fingerprint density at radius 2 is 1.77 bits per heavy atom. The predicted octanol–water partition coefficient (Wildman–Crippen LogP) is 2.64. The van der Waals surface area contributed by atoms with Crippen LogP contribution in [0.4, 0.5) is 0 Å². The lowest BCUT2D eigenvalue weighted by molar-refractivity contribution is -0.158. The number of esters is 1. The van der Waals surface area contributed by atoms with E-state index in [1.54, 1.807) is 0 Å². The van der Waals surface area contributed by atoms with E-state index in [1.807, 2.05) is 32.9 Å². The topological polar surface area (TPSA) is 60.4 Å². The van der Waals surface area contributed by atoms with Crippen molar-refractivity contribution in [2.75, 3.05) is 7.11 Å². The van der Waals surface area contributed by atoms with Crippen molar-refractivity contribution in [1.82, 2.24) is 0 Å². The van der Waals surface area contributed by atoms with Gasteiger partial charge in [0.2, 0.25) is 0 Å². The zero-order valence-corrected chi connectivity index (χ0v) is 13.6. The van der Waals surface area contributed by atoms with Crippen LogP contribution >= 0.6 is 0 Å². The fraction of sp³-hybridized carbons (Fsp3) is 0.500. The molecule has 1 aromatic rings. The molecule has 0 N–H and O–H groups in total. The summed E-state index contributed by atoms with van der Waals surface area (Å²) in [5.74, 6) is -0.831. The highest BCUT2D eigenvalue weighted by Crippen LogP contribution is 2.39. The van der Waals surface area contributed by atoms with Crippen molar-refractivity contribution in [3.05, 3.63) is 34.4 Å². The quantitative estimate of drug-likeness (QED) is 0.633. The Hall–Kier alpha value is -1.97. The Bertz CT molecular complexity index is 621. The number of methoxy groups -OCH3 is 1. The molecule has 1 aliphatic rings. The lowest BCUT2D eigenvalue weighted by Gasteiger charge is -2.24. The van der Waals surface area contributed by atoms with Crippen LogP contribution in [0.15, 0.2) is 12.1 Å². The number of rotatable bonds is 4. The zero-order valence-electron chi connectivity index (χ0n) is 13.6. The van der Waals surface area contributed by atoms with Gasteiger partial charge in [-0.25, -0.2) is 0 Å². The second-order valence-electron chi connectivity index (χ2n) is 6.27. The van der Waals surface area contributed by atoms with Gasteiger partial charge in [-0.15, -0.1) is 0 Å². The average Bonchev–Trinajstić information content (AvgIpc) is 2.85. The molecule has 1 fully saturated rings. The van der Waals surface area contributed by atoms with E-state index in [0.717, 1.165) is 22.3 Å². The number of aryl methyl sites for hydroxylation is 3. The lowest BCUT2D eigenvalue weighted by Crippen LogP contribution is -2.39. The molecule has 22 heavy (non-hydrogen) atoms. The minimum Gasteiger partial charge on any atom is -0.468 e. The molecule has 1 saturated carbocycles. The van der Waals surface area contributed by atoms with Crippen molar-refractivity contribution in [1.29, 1.82) is 0 Å². The summed E-state index contributed by atoms with van der Waals surface area (Å²) in [6.07, 6.45) is 0.677. The smallest absolute Gasteiger partial charge is 0.319 e. The molecular weight excluding hydrogens is 280 g/mol. The largest absolute Gasteiger partial charge is 0.468 e. The predicted molar refractivity (Wildman–Crippen MR) is 82.7 cm³/mol. The number of hydrogen-bond acceptors (Lipinski definition) is 4. The van der Waals surface area contributed by atoms with Gasteiger partial charge in [0.25, 0.3) is 0 Å². The molecule has 2 rings (SSSR count). The van der Waals surface area contributed by atoms with E-state index in [-0.39, 0.29) is 37.2 Å². The molecule has 0 amide bonds. The second kappa shape index (κ2) is 6.03. The highest BCUT2D eigenvalue weighted by molar-refractivity contribution is 6.09. The normalized spacial score (nSPS) is 21.0. The van der Waals surface area contributed by atoms with Crippen molar-refractivity contribution in [3.63, 3.8) is 0 Å². The monoisotopic (exact) mass is 302 g/mol. The van der Waals surface area contributed by atoms with Gasteiger partial charge < -0.3 is 4.74 Å². The molecular formula is C18H22O4. The summed E-state index contributed by atoms with van der Waals surface area (Å²) in [6, 6.07) is 4.06. The maximum atomic E-state index is 12.8. The molecule has 0 radical (unpaired) electrons. The molecule has 1 aliphatic carbocycles. The highest BCUT2D eigenvalue weighted by atomic mass is 16.5. The van der Waals surface area contributed by atoms with Gasteiger partial charge in [0.15, 0.2) is 5.78 Å². The van der Waals surface area contributed by atoms with Crippen LogP contribution in [-0.2, 0) is 25.5 Å². The number of benzene rings is 1. The number of ketones is 2. The van der Waals surface area contributed by atoms with Gasteiger partial charge >= 0.3 is 5.97 Å². The van der Waals surface area contributed by atoms with Crippen LogP contribution in [0, 0.1) is 26.2 Å². The molecule has 0 heterocycles. The van der Waals surface area contributed by atoms with E-state index in [2.05, 4.69) is 0 Å². The average molecular weight is 302 g/mol. The van der Waals surface area contributed by atoms with Gasteiger partial charge in [-0.2, -0.15) is 0 Å². The third kappa shape index (κ3) is 2.82. The number of carbonyl (C=O) groups is 3. The summed E-state index contributed by atoms with van der Waals surface area (Å²) in [4.78, 5) is 36.6. The minimum atomic E-state index is -1.28. The number of hydrogen-bond donors (Lipinski definition) is 0. The Morgan fingerprint density at radius 1 is 1.18 bits per heavy atom. The van der Waals surface area contributed by atoms with E-state index in [4.69, 9.17) is 4.74 Å². The van der Waals surface area contributed by atoms with Crippen molar-refractivity contribution >= 4 is 17.5 Å². The number of Topliss-reactive ketones (excluding diaryl/α,β-unsaturated/α-hetero) is 2. The SMILES string of the molecule is COC(=O)C1(C(=O)Cc2c(C)cc(C)cc2C)CCC(=O)C1.